The molecule has 2 N–H and O–H groups in total. The van der Waals surface area contributed by atoms with Crippen LogP contribution in [0.5, 0.6) is 0 Å². The quantitative estimate of drug-likeness (QED) is 0.666. The Kier molecular flexibility index (Phi) is 7.21. The number of carbonyl (C=O) groups is 1. The second kappa shape index (κ2) is 8.48. The molecular formula is C13H27N3O. The summed E-state index contributed by atoms with van der Waals surface area (Å²) in [6, 6.07) is 0.657. The van der Waals surface area contributed by atoms with E-state index >= 15 is 0 Å². The molecule has 17 heavy (non-hydrogen) atoms. The average Bonchev–Trinajstić information content (AvgIpc) is 2.78. The predicted molar refractivity (Wildman–Crippen MR) is 71.1 cm³/mol. The summed E-state index contributed by atoms with van der Waals surface area (Å²) in [5.74, 6) is 0.0689. The van der Waals surface area contributed by atoms with Crippen molar-refractivity contribution in [2.45, 2.75) is 45.6 Å². The lowest BCUT2D eigenvalue weighted by Crippen LogP contribution is -2.41. The summed E-state index contributed by atoms with van der Waals surface area (Å²) in [5.41, 5.74) is 0. The van der Waals surface area contributed by atoms with Crippen molar-refractivity contribution in [2.75, 3.05) is 32.7 Å². The summed E-state index contributed by atoms with van der Waals surface area (Å²) in [6.45, 7) is 8.98. The van der Waals surface area contributed by atoms with E-state index in [-0.39, 0.29) is 5.91 Å². The number of nitrogens with one attached hydrogen (secondary N) is 2. The van der Waals surface area contributed by atoms with Crippen molar-refractivity contribution >= 4 is 5.91 Å². The molecule has 1 amide bonds. The number of rotatable bonds is 8. The van der Waals surface area contributed by atoms with Crippen LogP contribution >= 0.6 is 0 Å². The van der Waals surface area contributed by atoms with E-state index in [2.05, 4.69) is 22.5 Å². The van der Waals surface area contributed by atoms with Gasteiger partial charge >= 0.3 is 0 Å². The first kappa shape index (κ1) is 14.5. The molecule has 1 heterocycles. The molecule has 0 spiro atoms. The van der Waals surface area contributed by atoms with Crippen molar-refractivity contribution in [2.24, 2.45) is 0 Å². The van der Waals surface area contributed by atoms with Crippen molar-refractivity contribution in [1.82, 2.24) is 15.5 Å². The standard InChI is InChI=1S/C13H27N3O/c1-3-4-9-16(10-8-14-12(2)17)11-13-6-5-7-15-13/h13,15H,3-11H2,1-2H3,(H,14,17). The van der Waals surface area contributed by atoms with Gasteiger partial charge < -0.3 is 15.5 Å². The average molecular weight is 241 g/mol. The molecule has 4 nitrogen and oxygen atoms in total. The van der Waals surface area contributed by atoms with Crippen LogP contribution < -0.4 is 10.6 Å². The first-order valence-corrected chi connectivity index (χ1v) is 6.92. The Bertz CT molecular complexity index is 215. The summed E-state index contributed by atoms with van der Waals surface area (Å²) in [7, 11) is 0. The Morgan fingerprint density at radius 1 is 1.47 bits per heavy atom. The Morgan fingerprint density at radius 3 is 2.88 bits per heavy atom. The largest absolute Gasteiger partial charge is 0.355 e. The van der Waals surface area contributed by atoms with E-state index in [4.69, 9.17) is 0 Å². The van der Waals surface area contributed by atoms with Gasteiger partial charge in [0.15, 0.2) is 0 Å². The maximum atomic E-state index is 10.8. The van der Waals surface area contributed by atoms with Crippen molar-refractivity contribution in [3.63, 3.8) is 0 Å². The smallest absolute Gasteiger partial charge is 0.216 e. The van der Waals surface area contributed by atoms with Crippen LogP contribution in [0, 0.1) is 0 Å². The van der Waals surface area contributed by atoms with Crippen LogP contribution in [-0.4, -0.2) is 49.6 Å². The molecule has 0 bridgehead atoms. The second-order valence-electron chi connectivity index (χ2n) is 4.93. The van der Waals surface area contributed by atoms with Gasteiger partial charge in [-0.1, -0.05) is 13.3 Å². The topological polar surface area (TPSA) is 44.4 Å². The second-order valence-corrected chi connectivity index (χ2v) is 4.93. The molecule has 1 atom stereocenters. The van der Waals surface area contributed by atoms with Gasteiger partial charge in [0.2, 0.25) is 5.91 Å². The zero-order valence-electron chi connectivity index (χ0n) is 11.3. The number of unbranched alkanes of at least 4 members (excludes halogenated alkanes) is 1. The summed E-state index contributed by atoms with van der Waals surface area (Å²) < 4.78 is 0. The lowest BCUT2D eigenvalue weighted by molar-refractivity contribution is -0.119. The number of hydrogen-bond acceptors (Lipinski definition) is 3. The van der Waals surface area contributed by atoms with Crippen LogP contribution in [0.2, 0.25) is 0 Å². The van der Waals surface area contributed by atoms with Gasteiger partial charge in [-0.25, -0.2) is 0 Å². The van der Waals surface area contributed by atoms with Gasteiger partial charge in [-0.3, -0.25) is 4.79 Å². The number of amides is 1. The van der Waals surface area contributed by atoms with E-state index < -0.39 is 0 Å². The summed E-state index contributed by atoms with van der Waals surface area (Å²) in [4.78, 5) is 13.3. The molecule has 0 aromatic carbocycles. The normalized spacial score (nSPS) is 19.8. The van der Waals surface area contributed by atoms with Gasteiger partial charge in [0.05, 0.1) is 0 Å². The summed E-state index contributed by atoms with van der Waals surface area (Å²) in [5, 5.41) is 6.41. The van der Waals surface area contributed by atoms with Gasteiger partial charge in [-0.15, -0.1) is 0 Å². The number of nitrogens with zero attached hydrogens (tertiary/aromatic N) is 1. The highest BCUT2D eigenvalue weighted by molar-refractivity contribution is 5.72. The fourth-order valence-corrected chi connectivity index (χ4v) is 2.29. The van der Waals surface area contributed by atoms with Crippen molar-refractivity contribution in [1.29, 1.82) is 0 Å². The molecule has 1 unspecified atom stereocenters. The molecule has 1 rings (SSSR count). The molecule has 1 fully saturated rings. The zero-order chi connectivity index (χ0) is 12.5. The van der Waals surface area contributed by atoms with Gasteiger partial charge in [-0.05, 0) is 32.4 Å². The van der Waals surface area contributed by atoms with E-state index in [9.17, 15) is 4.79 Å². The predicted octanol–water partition coefficient (Wildman–Crippen LogP) is 0.977. The highest BCUT2D eigenvalue weighted by Gasteiger charge is 2.17. The third kappa shape index (κ3) is 6.64. The molecule has 0 radical (unpaired) electrons. The molecule has 100 valence electrons. The Labute approximate surface area is 105 Å². The minimum atomic E-state index is 0.0689. The van der Waals surface area contributed by atoms with Crippen molar-refractivity contribution in [3.8, 4) is 0 Å². The highest BCUT2D eigenvalue weighted by Crippen LogP contribution is 2.07. The van der Waals surface area contributed by atoms with E-state index in [1.807, 2.05) is 0 Å². The van der Waals surface area contributed by atoms with Gasteiger partial charge in [0, 0.05) is 32.6 Å². The van der Waals surface area contributed by atoms with Gasteiger partial charge in [0.1, 0.15) is 0 Å². The Hall–Kier alpha value is -0.610. The minimum absolute atomic E-state index is 0.0689. The minimum Gasteiger partial charge on any atom is -0.355 e. The number of hydrogen-bond donors (Lipinski definition) is 2. The molecular weight excluding hydrogens is 214 g/mol. The third-order valence-electron chi connectivity index (χ3n) is 3.27. The van der Waals surface area contributed by atoms with Crippen molar-refractivity contribution in [3.05, 3.63) is 0 Å². The van der Waals surface area contributed by atoms with Crippen LogP contribution in [0.4, 0.5) is 0 Å². The zero-order valence-corrected chi connectivity index (χ0v) is 11.3. The third-order valence-corrected chi connectivity index (χ3v) is 3.27. The Morgan fingerprint density at radius 2 is 2.29 bits per heavy atom. The lowest BCUT2D eigenvalue weighted by Gasteiger charge is -2.25. The van der Waals surface area contributed by atoms with E-state index in [1.165, 1.54) is 25.7 Å². The first-order chi connectivity index (χ1) is 8.22. The molecule has 4 heteroatoms. The fourth-order valence-electron chi connectivity index (χ4n) is 2.29. The van der Waals surface area contributed by atoms with E-state index in [0.717, 1.165) is 32.7 Å². The maximum Gasteiger partial charge on any atom is 0.216 e. The lowest BCUT2D eigenvalue weighted by atomic mass is 10.2. The fraction of sp³-hybridized carbons (Fsp3) is 0.923. The number of carbonyl (C=O) groups excluding carboxylic acids is 1. The van der Waals surface area contributed by atoms with Crippen LogP contribution in [0.15, 0.2) is 0 Å². The Balaban J connectivity index is 2.22. The van der Waals surface area contributed by atoms with E-state index in [0.29, 0.717) is 6.04 Å². The van der Waals surface area contributed by atoms with Crippen LogP contribution in [0.3, 0.4) is 0 Å². The highest BCUT2D eigenvalue weighted by atomic mass is 16.1. The van der Waals surface area contributed by atoms with Crippen LogP contribution in [-0.2, 0) is 4.79 Å². The van der Waals surface area contributed by atoms with Crippen LogP contribution in [0.25, 0.3) is 0 Å². The maximum absolute atomic E-state index is 10.8. The van der Waals surface area contributed by atoms with Gasteiger partial charge in [-0.2, -0.15) is 0 Å². The molecule has 1 aliphatic rings. The first-order valence-electron chi connectivity index (χ1n) is 6.92. The molecule has 1 saturated heterocycles. The monoisotopic (exact) mass is 241 g/mol. The summed E-state index contributed by atoms with van der Waals surface area (Å²) >= 11 is 0. The van der Waals surface area contributed by atoms with E-state index in [1.54, 1.807) is 6.92 Å². The van der Waals surface area contributed by atoms with Crippen molar-refractivity contribution < 1.29 is 4.79 Å². The SMILES string of the molecule is CCCCN(CCNC(C)=O)CC1CCCN1. The summed E-state index contributed by atoms with van der Waals surface area (Å²) in [6.07, 6.45) is 5.07. The van der Waals surface area contributed by atoms with Crippen LogP contribution in [0.1, 0.15) is 39.5 Å². The molecule has 0 aromatic rings. The molecule has 0 aliphatic carbocycles. The molecule has 1 aliphatic heterocycles. The van der Waals surface area contributed by atoms with Gasteiger partial charge in [0.25, 0.3) is 0 Å². The molecule has 0 saturated carbocycles. The molecule has 0 aromatic heterocycles.